The molecular weight excluding hydrogens is 863 g/mol. The average molecular weight is 924 g/mol. The Hall–Kier alpha value is -6.54. The van der Waals surface area contributed by atoms with E-state index in [-0.39, 0.29) is 62.9 Å². The molecule has 2 aliphatic carbocycles. The summed E-state index contributed by atoms with van der Waals surface area (Å²) in [6.45, 7) is 6.74. The summed E-state index contributed by atoms with van der Waals surface area (Å²) in [5.74, 6) is -0.327. The lowest BCUT2D eigenvalue weighted by Gasteiger charge is -2.59. The number of benzene rings is 5. The second kappa shape index (κ2) is 22.5. The van der Waals surface area contributed by atoms with E-state index in [0.717, 1.165) is 53.2 Å². The Morgan fingerprint density at radius 2 is 1.59 bits per heavy atom. The van der Waals surface area contributed by atoms with Crippen LogP contribution in [0.3, 0.4) is 0 Å². The number of rotatable bonds is 22. The smallest absolute Gasteiger partial charge is 0.410 e. The summed E-state index contributed by atoms with van der Waals surface area (Å²) in [6.07, 6.45) is 8.64. The monoisotopic (exact) mass is 923 g/mol. The highest BCUT2D eigenvalue weighted by atomic mass is 16.7. The summed E-state index contributed by atoms with van der Waals surface area (Å²) in [7, 11) is 0. The highest BCUT2D eigenvalue weighted by Crippen LogP contribution is 2.62. The molecule has 3 aliphatic rings. The van der Waals surface area contributed by atoms with Crippen LogP contribution in [0.2, 0.25) is 0 Å². The summed E-state index contributed by atoms with van der Waals surface area (Å²) in [5, 5.41) is 38.5. The number of nitrogens with zero attached hydrogens (tertiary/aromatic N) is 3. The number of nitro benzene ring substituents is 1. The van der Waals surface area contributed by atoms with Crippen LogP contribution in [0.1, 0.15) is 80.9 Å². The molecule has 1 heterocycles. The van der Waals surface area contributed by atoms with Gasteiger partial charge in [-0.1, -0.05) is 97.7 Å². The topological polar surface area (TPSA) is 162 Å². The molecule has 13 nitrogen and oxygen atoms in total. The van der Waals surface area contributed by atoms with Gasteiger partial charge in [0.1, 0.15) is 36.5 Å². The molecule has 1 saturated carbocycles. The molecule has 8 rings (SSSR count). The van der Waals surface area contributed by atoms with E-state index >= 15 is 0 Å². The quantitative estimate of drug-likeness (QED) is 0.0296. The number of aliphatic hydroxyl groups is 2. The predicted octanol–water partition coefficient (Wildman–Crippen LogP) is 11.4. The number of carbonyl (C=O) groups is 1. The molecular formula is C55H61N3O10. The van der Waals surface area contributed by atoms with Crippen LogP contribution in [0.25, 0.3) is 10.8 Å². The third-order valence-electron chi connectivity index (χ3n) is 13.4. The Morgan fingerprint density at radius 3 is 2.32 bits per heavy atom. The molecule has 5 aromatic rings. The highest BCUT2D eigenvalue weighted by molar-refractivity contribution is 6.03. The molecule has 2 N–H and O–H groups in total. The minimum absolute atomic E-state index is 0.00459. The lowest BCUT2D eigenvalue weighted by Crippen LogP contribution is -2.70. The molecule has 1 amide bonds. The minimum atomic E-state index is -1.47. The Bertz CT molecular complexity index is 2580. The molecule has 5 aromatic carbocycles. The number of hydrogen-bond acceptors (Lipinski definition) is 11. The van der Waals surface area contributed by atoms with E-state index in [4.69, 9.17) is 28.9 Å². The van der Waals surface area contributed by atoms with Crippen LogP contribution in [0, 0.1) is 27.9 Å². The van der Waals surface area contributed by atoms with Gasteiger partial charge in [-0.25, -0.2) is 4.79 Å². The van der Waals surface area contributed by atoms with Crippen LogP contribution in [0.5, 0.6) is 17.2 Å². The maximum Gasteiger partial charge on any atom is 0.410 e. The van der Waals surface area contributed by atoms with Gasteiger partial charge in [0.05, 0.1) is 23.2 Å². The SMILES string of the molecule is C=CCO[C@@]12Oc3ccc(Oc4ccc5ccccc5c4)cc3[C@H]3[C@H](CCCCO)[C@@H](CCCCO)C=C(C(=NOCc4ccc([N+](=O)[O-])cc4)C[C@@H]1N(CCC)C(=O)OCc1ccccc1)[C@H]32. The van der Waals surface area contributed by atoms with Crippen molar-refractivity contribution in [1.82, 2.24) is 4.90 Å². The first-order chi connectivity index (χ1) is 33.3. The number of aliphatic hydroxyl groups excluding tert-OH is 2. The Kier molecular flexibility index (Phi) is 15.9. The van der Waals surface area contributed by atoms with Gasteiger partial charge in [-0.05, 0) is 114 Å². The van der Waals surface area contributed by atoms with Crippen molar-refractivity contribution in [3.63, 3.8) is 0 Å². The number of fused-ring (bicyclic) bond motifs is 3. The van der Waals surface area contributed by atoms with Crippen molar-refractivity contribution in [3.8, 4) is 17.2 Å². The number of ether oxygens (including phenoxy) is 4. The fraction of sp³-hybridized carbons (Fsp3) is 0.382. The van der Waals surface area contributed by atoms with Crippen LogP contribution in [0.4, 0.5) is 10.5 Å². The fourth-order valence-corrected chi connectivity index (χ4v) is 10.4. The van der Waals surface area contributed by atoms with Crippen LogP contribution in [-0.2, 0) is 27.5 Å². The lowest BCUT2D eigenvalue weighted by molar-refractivity contribution is -0.384. The number of amides is 1. The van der Waals surface area contributed by atoms with E-state index in [1.54, 1.807) is 23.1 Å². The number of carbonyl (C=O) groups excluding carboxylic acids is 1. The molecule has 1 fully saturated rings. The molecule has 68 heavy (non-hydrogen) atoms. The summed E-state index contributed by atoms with van der Waals surface area (Å²) in [6, 6.07) is 35.1. The molecule has 0 unspecified atom stereocenters. The minimum Gasteiger partial charge on any atom is -0.459 e. The number of nitro groups is 1. The predicted molar refractivity (Wildman–Crippen MR) is 260 cm³/mol. The van der Waals surface area contributed by atoms with Crippen molar-refractivity contribution in [2.24, 2.45) is 22.9 Å². The number of hydrogen-bond donors (Lipinski definition) is 2. The lowest BCUT2D eigenvalue weighted by atomic mass is 9.55. The van der Waals surface area contributed by atoms with Gasteiger partial charge in [-0.3, -0.25) is 15.0 Å². The fourth-order valence-electron chi connectivity index (χ4n) is 10.4. The molecule has 1 aliphatic heterocycles. The van der Waals surface area contributed by atoms with E-state index in [2.05, 4.69) is 30.9 Å². The molecule has 0 bridgehead atoms. The van der Waals surface area contributed by atoms with Crippen molar-refractivity contribution in [3.05, 3.63) is 166 Å². The zero-order valence-electron chi connectivity index (χ0n) is 38.6. The van der Waals surface area contributed by atoms with Gasteiger partial charge in [0.15, 0.2) is 0 Å². The van der Waals surface area contributed by atoms with Gasteiger partial charge in [-0.15, -0.1) is 6.58 Å². The number of non-ortho nitro benzene ring substituents is 1. The highest BCUT2D eigenvalue weighted by Gasteiger charge is 2.65. The summed E-state index contributed by atoms with van der Waals surface area (Å²) < 4.78 is 27.3. The number of allylic oxidation sites excluding steroid dienone is 1. The molecule has 13 heteroatoms. The van der Waals surface area contributed by atoms with E-state index in [9.17, 15) is 25.1 Å². The molecule has 6 atom stereocenters. The van der Waals surface area contributed by atoms with Gasteiger partial charge in [0.25, 0.3) is 5.69 Å². The van der Waals surface area contributed by atoms with E-state index in [0.29, 0.717) is 54.3 Å². The van der Waals surface area contributed by atoms with E-state index in [1.165, 1.54) is 12.1 Å². The van der Waals surface area contributed by atoms with Crippen molar-refractivity contribution in [2.75, 3.05) is 26.4 Å². The zero-order chi connectivity index (χ0) is 47.5. The van der Waals surface area contributed by atoms with Crippen LogP contribution >= 0.6 is 0 Å². The Balaban J connectivity index is 1.29. The largest absolute Gasteiger partial charge is 0.459 e. The first kappa shape index (κ1) is 47.9. The second-order valence-electron chi connectivity index (χ2n) is 17.8. The molecule has 0 radical (unpaired) electrons. The zero-order valence-corrected chi connectivity index (χ0v) is 38.6. The second-order valence-corrected chi connectivity index (χ2v) is 17.8. The molecule has 356 valence electrons. The van der Waals surface area contributed by atoms with Crippen molar-refractivity contribution in [2.45, 2.75) is 89.3 Å². The maximum absolute atomic E-state index is 14.7. The van der Waals surface area contributed by atoms with Crippen molar-refractivity contribution in [1.29, 1.82) is 0 Å². The molecule has 0 aromatic heterocycles. The van der Waals surface area contributed by atoms with E-state index < -0.39 is 28.8 Å². The average Bonchev–Trinajstić information content (AvgIpc) is 3.36. The summed E-state index contributed by atoms with van der Waals surface area (Å²) in [5.41, 5.74) is 3.95. The van der Waals surface area contributed by atoms with Crippen LogP contribution in [0.15, 0.2) is 145 Å². The van der Waals surface area contributed by atoms with Gasteiger partial charge in [-0.2, -0.15) is 0 Å². The summed E-state index contributed by atoms with van der Waals surface area (Å²) >= 11 is 0. The van der Waals surface area contributed by atoms with Gasteiger partial charge >= 0.3 is 6.09 Å². The van der Waals surface area contributed by atoms with Gasteiger partial charge in [0, 0.05) is 49.8 Å². The first-order valence-corrected chi connectivity index (χ1v) is 23.8. The third-order valence-corrected chi connectivity index (χ3v) is 13.4. The first-order valence-electron chi connectivity index (χ1n) is 23.8. The Labute approximate surface area is 397 Å². The normalized spacial score (nSPS) is 22.0. The van der Waals surface area contributed by atoms with Crippen LogP contribution < -0.4 is 9.47 Å². The van der Waals surface area contributed by atoms with Crippen molar-refractivity contribution < 1.29 is 43.7 Å². The van der Waals surface area contributed by atoms with Crippen LogP contribution in [-0.4, -0.2) is 70.0 Å². The summed E-state index contributed by atoms with van der Waals surface area (Å²) in [4.78, 5) is 33.6. The Morgan fingerprint density at radius 1 is 0.882 bits per heavy atom. The third kappa shape index (κ3) is 10.6. The maximum atomic E-state index is 14.7. The van der Waals surface area contributed by atoms with Gasteiger partial charge in [0.2, 0.25) is 5.79 Å². The van der Waals surface area contributed by atoms with E-state index in [1.807, 2.05) is 79.7 Å². The number of oxime groups is 1. The van der Waals surface area contributed by atoms with Gasteiger partial charge < -0.3 is 34.0 Å². The number of unbranched alkanes of at least 4 members (excludes halogenated alkanes) is 2. The standard InChI is InChI=1S/C55H61N3O10/c1-3-28-57(54(61)64-36-38-14-6-5-7-15-38)51-35-49(56-66-37-39-20-23-43(24-21-39)58(62)63)47-33-42(18-10-12-29-59)46(19-11-13-30-60)52-48-34-45(67-44-25-22-40-16-8-9-17-41(40)32-44)26-27-50(48)68-55(51,53(47)52)65-31-4-2/h4-9,14-17,20-27,32-34,42,46,51-53,59-60H,2-3,10-13,18-19,28-31,35-37H2,1H3/t42-,46+,51-,52+,53+,55+/m0/s1. The molecule has 0 saturated heterocycles. The van der Waals surface area contributed by atoms with Crippen molar-refractivity contribution >= 4 is 28.3 Å². The molecule has 0 spiro atoms.